The van der Waals surface area contributed by atoms with Gasteiger partial charge in [-0.3, -0.25) is 0 Å². The van der Waals surface area contributed by atoms with Crippen LogP contribution in [0.1, 0.15) is 49.8 Å². The van der Waals surface area contributed by atoms with E-state index in [0.717, 1.165) is 25.7 Å². The van der Waals surface area contributed by atoms with Crippen LogP contribution < -0.4 is 15.0 Å². The largest absolute Gasteiger partial charge is 0.508 e. The second-order valence-electron chi connectivity index (χ2n) is 14.3. The number of nitrogens with zero attached hydrogens (tertiary/aromatic N) is 5. The first kappa shape index (κ1) is 33.6. The monoisotopic (exact) mass is 702 g/mol. The molecule has 2 N–H and O–H groups in total. The Balaban J connectivity index is 1.23. The third-order valence-electron chi connectivity index (χ3n) is 10.8. The maximum Gasteiger partial charge on any atom is 0.319 e. The van der Waals surface area contributed by atoms with Crippen LogP contribution in [0.4, 0.5) is 23.4 Å². The number of methoxy groups -OCH3 is 1. The van der Waals surface area contributed by atoms with E-state index < -0.39 is 17.7 Å². The molecular weight excluding hydrogens is 664 g/mol. The molecule has 4 aliphatic rings. The summed E-state index contributed by atoms with van der Waals surface area (Å²) >= 11 is 0. The lowest BCUT2D eigenvalue weighted by molar-refractivity contribution is 0.146. The summed E-state index contributed by atoms with van der Waals surface area (Å²) in [6.45, 7) is 3.41. The number of benzene rings is 2. The maximum atomic E-state index is 17.2. The number of piperazine rings is 1. The lowest BCUT2D eigenvalue weighted by atomic mass is 9.95. The van der Waals surface area contributed by atoms with Crippen LogP contribution in [0.2, 0.25) is 0 Å². The van der Waals surface area contributed by atoms with Gasteiger partial charge < -0.3 is 29.7 Å². The van der Waals surface area contributed by atoms with Crippen molar-refractivity contribution < 1.29 is 32.1 Å². The van der Waals surface area contributed by atoms with Crippen LogP contribution in [0.25, 0.3) is 32.9 Å². The van der Waals surface area contributed by atoms with Crippen LogP contribution in [0.5, 0.6) is 11.8 Å². The van der Waals surface area contributed by atoms with E-state index in [2.05, 4.69) is 26.0 Å². The van der Waals surface area contributed by atoms with Crippen molar-refractivity contribution in [1.29, 1.82) is 0 Å². The molecule has 3 saturated heterocycles. The van der Waals surface area contributed by atoms with Crippen LogP contribution in [0.15, 0.2) is 35.9 Å². The average Bonchev–Trinajstić information content (AvgIpc) is 3.81. The highest BCUT2D eigenvalue weighted by Gasteiger charge is 2.45. The van der Waals surface area contributed by atoms with Gasteiger partial charge in [0.2, 0.25) is 0 Å². The molecule has 51 heavy (non-hydrogen) atoms. The molecule has 2 unspecified atom stereocenters. The number of terminal acetylenes is 1. The number of rotatable bonds is 9. The van der Waals surface area contributed by atoms with E-state index in [1.165, 1.54) is 31.4 Å². The number of hydrogen-bond donors (Lipinski definition) is 2. The van der Waals surface area contributed by atoms with Crippen molar-refractivity contribution in [3.63, 3.8) is 0 Å². The highest BCUT2D eigenvalue weighted by Crippen LogP contribution is 2.47. The van der Waals surface area contributed by atoms with Crippen LogP contribution in [-0.4, -0.2) is 83.5 Å². The second kappa shape index (κ2) is 13.2. The Morgan fingerprint density at radius 2 is 1.80 bits per heavy atom. The summed E-state index contributed by atoms with van der Waals surface area (Å²) in [6.07, 6.45) is 8.72. The lowest BCUT2D eigenvalue weighted by Crippen LogP contribution is -2.51. The molecule has 9 nitrogen and oxygen atoms in total. The van der Waals surface area contributed by atoms with Crippen LogP contribution >= 0.6 is 0 Å². The molecule has 0 amide bonds. The number of likely N-dealkylation sites (tertiary alicyclic amines) is 1. The zero-order valence-corrected chi connectivity index (χ0v) is 28.2. The van der Waals surface area contributed by atoms with Gasteiger partial charge >= 0.3 is 6.01 Å². The minimum atomic E-state index is -1.57. The first-order valence-electron chi connectivity index (χ1n) is 17.4. The molecule has 0 radical (unpaired) electrons. The number of aromatic hydroxyl groups is 1. The number of phenolic OH excluding ortho intramolecular Hbond substituents is 1. The number of ether oxygens (including phenoxy) is 2. The molecule has 13 heteroatoms. The molecular formula is C38H38F4N6O3. The Morgan fingerprint density at radius 3 is 2.47 bits per heavy atom. The van der Waals surface area contributed by atoms with Crippen molar-refractivity contribution in [2.75, 3.05) is 51.3 Å². The fraction of sp³-hybridized carbons (Fsp3) is 0.447. The fourth-order valence-corrected chi connectivity index (χ4v) is 8.03. The highest BCUT2D eigenvalue weighted by molar-refractivity contribution is 6.03. The standard InChI is InChI=1S/C38H38F4N6O3/c1-3-26-28(39)7-4-22-14-25(49)15-27(30(22)26)33-32(40)34-31(29(44-33)18-50-2)36(48-16-23-5-6-24(17-48)43-23)46-37(45-34)51-20-38(10-11-38)19-47-12-8-21(9-13-47)35(41)42/h1,4,7,14-15,23-24,43,49H,5-6,8-13,16-20H2,2H3. The van der Waals surface area contributed by atoms with Gasteiger partial charge in [-0.1, -0.05) is 12.0 Å². The molecule has 2 atom stereocenters. The Hall–Kier alpha value is -4.51. The first-order valence-corrected chi connectivity index (χ1v) is 17.4. The van der Waals surface area contributed by atoms with Gasteiger partial charge in [0.25, 0.3) is 6.08 Å². The number of halogens is 4. The summed E-state index contributed by atoms with van der Waals surface area (Å²) in [6, 6.07) is 5.94. The van der Waals surface area contributed by atoms with Gasteiger partial charge in [0.15, 0.2) is 5.82 Å². The number of fused-ring (bicyclic) bond motifs is 4. The van der Waals surface area contributed by atoms with Crippen LogP contribution in [0, 0.1) is 29.4 Å². The SMILES string of the molecule is C#Cc1c(F)ccc2cc(O)cc(-c3nc(COC)c4c(N5CC6CCC(C5)N6)nc(OCC5(CN6CCC(=C(F)F)CC6)CC5)nc4c3F)c12. The fourth-order valence-electron chi connectivity index (χ4n) is 8.03. The van der Waals surface area contributed by atoms with Crippen molar-refractivity contribution >= 4 is 27.5 Å². The Morgan fingerprint density at radius 1 is 1.06 bits per heavy atom. The topological polar surface area (TPSA) is 95.9 Å². The molecule has 4 aromatic rings. The maximum absolute atomic E-state index is 17.2. The zero-order chi connectivity index (χ0) is 35.4. The van der Waals surface area contributed by atoms with Crippen molar-refractivity contribution in [3.05, 3.63) is 58.8 Å². The number of aromatic nitrogens is 3. The van der Waals surface area contributed by atoms with E-state index in [-0.39, 0.29) is 75.8 Å². The predicted molar refractivity (Wildman–Crippen MR) is 185 cm³/mol. The molecule has 5 heterocycles. The first-order chi connectivity index (χ1) is 24.6. The summed E-state index contributed by atoms with van der Waals surface area (Å²) in [5.74, 6) is 1.25. The van der Waals surface area contributed by atoms with Crippen LogP contribution in [-0.2, 0) is 11.3 Å². The molecule has 1 aliphatic carbocycles. The van der Waals surface area contributed by atoms with E-state index >= 15 is 8.78 Å². The van der Waals surface area contributed by atoms with Gasteiger partial charge in [-0.25, -0.2) is 13.8 Å². The molecule has 2 aromatic heterocycles. The van der Waals surface area contributed by atoms with Gasteiger partial charge in [-0.15, -0.1) is 6.42 Å². The molecule has 0 spiro atoms. The minimum absolute atomic E-state index is 0.00541. The van der Waals surface area contributed by atoms with E-state index in [4.69, 9.17) is 25.9 Å². The normalized spacial score (nSPS) is 21.3. The van der Waals surface area contributed by atoms with Crippen molar-refractivity contribution in [3.8, 4) is 35.4 Å². The van der Waals surface area contributed by atoms with Crippen molar-refractivity contribution in [2.24, 2.45) is 5.41 Å². The summed E-state index contributed by atoms with van der Waals surface area (Å²) in [5, 5.41) is 15.4. The summed E-state index contributed by atoms with van der Waals surface area (Å²) < 4.78 is 70.4. The Bertz CT molecular complexity index is 2090. The van der Waals surface area contributed by atoms with E-state index in [1.54, 1.807) is 0 Å². The molecule has 266 valence electrons. The lowest BCUT2D eigenvalue weighted by Gasteiger charge is -2.34. The van der Waals surface area contributed by atoms with Crippen molar-refractivity contribution in [1.82, 2.24) is 25.2 Å². The van der Waals surface area contributed by atoms with E-state index in [0.29, 0.717) is 67.8 Å². The number of anilines is 1. The molecule has 2 aromatic carbocycles. The summed E-state index contributed by atoms with van der Waals surface area (Å²) in [7, 11) is 1.51. The third kappa shape index (κ3) is 6.34. The van der Waals surface area contributed by atoms with Gasteiger partial charge in [-0.05, 0) is 67.7 Å². The van der Waals surface area contributed by atoms with Gasteiger partial charge in [-0.2, -0.15) is 18.7 Å². The summed E-state index contributed by atoms with van der Waals surface area (Å²) in [4.78, 5) is 18.6. The van der Waals surface area contributed by atoms with E-state index in [1.807, 2.05) is 0 Å². The molecule has 4 fully saturated rings. The molecule has 2 bridgehead atoms. The zero-order valence-electron chi connectivity index (χ0n) is 28.2. The molecule has 1 saturated carbocycles. The highest BCUT2D eigenvalue weighted by atomic mass is 19.3. The Kier molecular flexibility index (Phi) is 8.72. The van der Waals surface area contributed by atoms with Crippen LogP contribution in [0.3, 0.4) is 0 Å². The Labute approximate surface area is 292 Å². The van der Waals surface area contributed by atoms with Gasteiger partial charge in [0, 0.05) is 68.3 Å². The number of phenols is 1. The molecule has 3 aliphatic heterocycles. The van der Waals surface area contributed by atoms with Crippen molar-refractivity contribution in [2.45, 2.75) is 57.2 Å². The minimum Gasteiger partial charge on any atom is -0.508 e. The average molecular weight is 703 g/mol. The quantitative estimate of drug-likeness (QED) is 0.154. The number of nitrogens with one attached hydrogen (secondary N) is 1. The van der Waals surface area contributed by atoms with E-state index in [9.17, 15) is 13.9 Å². The number of hydrogen-bond acceptors (Lipinski definition) is 9. The van der Waals surface area contributed by atoms with Gasteiger partial charge in [0.1, 0.15) is 28.6 Å². The third-order valence-corrected chi connectivity index (χ3v) is 10.8. The molecule has 8 rings (SSSR count). The summed E-state index contributed by atoms with van der Waals surface area (Å²) in [5.41, 5.74) is 0.244. The number of pyridine rings is 1. The second-order valence-corrected chi connectivity index (χ2v) is 14.3. The number of piperidine rings is 1. The smallest absolute Gasteiger partial charge is 0.319 e. The predicted octanol–water partition coefficient (Wildman–Crippen LogP) is 6.30. The van der Waals surface area contributed by atoms with Gasteiger partial charge in [0.05, 0.1) is 29.9 Å².